The van der Waals surface area contributed by atoms with E-state index in [9.17, 15) is 5.21 Å². The van der Waals surface area contributed by atoms with Crippen LogP contribution in [0.5, 0.6) is 0 Å². The fourth-order valence-corrected chi connectivity index (χ4v) is 0.168. The van der Waals surface area contributed by atoms with Crippen LogP contribution < -0.4 is 4.85 Å². The number of hydrogen-bond donors (Lipinski definition) is 1. The zero-order chi connectivity index (χ0) is 4.41. The van der Waals surface area contributed by atoms with Crippen molar-refractivity contribution in [2.24, 2.45) is 0 Å². The summed E-state index contributed by atoms with van der Waals surface area (Å²) in [5, 5.41) is 18.1. The first-order chi connectivity index (χ1) is 2.89. The van der Waals surface area contributed by atoms with Crippen LogP contribution >= 0.6 is 0 Å². The van der Waals surface area contributed by atoms with Crippen LogP contribution in [0.3, 0.4) is 0 Å². The molecule has 1 aromatic rings. The summed E-state index contributed by atoms with van der Waals surface area (Å²) in [4.78, 5) is 0.403. The van der Waals surface area contributed by atoms with Gasteiger partial charge in [0.25, 0.3) is 6.33 Å². The molecule has 0 aromatic carbocycles. The van der Waals surface area contributed by atoms with Crippen LogP contribution in [-0.4, -0.2) is 15.5 Å². The van der Waals surface area contributed by atoms with Crippen LogP contribution in [0.25, 0.3) is 0 Å². The smallest absolute Gasteiger partial charge is 0.289 e. The maximum absolute atomic E-state index is 9.81. The van der Waals surface area contributed by atoms with Gasteiger partial charge in [-0.2, -0.15) is 4.85 Å². The minimum atomic E-state index is 0.403. The van der Waals surface area contributed by atoms with Gasteiger partial charge >= 0.3 is 0 Å². The van der Waals surface area contributed by atoms with Crippen LogP contribution in [0, 0.1) is 5.21 Å². The second kappa shape index (κ2) is 0.925. The van der Waals surface area contributed by atoms with E-state index in [2.05, 4.69) is 10.3 Å². The molecule has 5 nitrogen and oxygen atoms in total. The van der Waals surface area contributed by atoms with E-state index in [1.165, 1.54) is 0 Å². The van der Waals surface area contributed by atoms with Gasteiger partial charge in [-0.1, -0.05) is 5.21 Å². The normalized spacial score (nSPS) is 8.67. The predicted molar refractivity (Wildman–Crippen MR) is 15.3 cm³/mol. The van der Waals surface area contributed by atoms with Crippen molar-refractivity contribution in [2.75, 3.05) is 0 Å². The number of aromatic nitrogens is 4. The van der Waals surface area contributed by atoms with Gasteiger partial charge in [0, 0.05) is 0 Å². The Bertz CT molecular complexity index is 111. The molecular formula is CH2N4O. The van der Waals surface area contributed by atoms with Crippen molar-refractivity contribution in [3.63, 3.8) is 0 Å². The first kappa shape index (κ1) is 3.08. The van der Waals surface area contributed by atoms with Crippen LogP contribution in [0.2, 0.25) is 0 Å². The first-order valence-electron chi connectivity index (χ1n) is 1.35. The summed E-state index contributed by atoms with van der Waals surface area (Å²) >= 11 is 0. The Hall–Kier alpha value is -1.13. The zero-order valence-corrected chi connectivity index (χ0v) is 2.83. The van der Waals surface area contributed by atoms with Crippen LogP contribution in [0.4, 0.5) is 0 Å². The standard InChI is InChI=1S/CH2N4O/c6-5-1-2-3-4-5/h1H,(H,2,4). The third kappa shape index (κ3) is 0.291. The number of nitrogens with zero attached hydrogens (tertiary/aromatic N) is 3. The Labute approximate surface area is 33.2 Å². The fraction of sp³-hybridized carbons (Fsp3) is 0. The molecule has 0 aliphatic carbocycles. The van der Waals surface area contributed by atoms with Crippen molar-refractivity contribution >= 4 is 0 Å². The molecule has 0 unspecified atom stereocenters. The Balaban J connectivity index is 3.05. The lowest BCUT2D eigenvalue weighted by Gasteiger charge is -1.85. The number of nitrogens with one attached hydrogen (secondary N) is 1. The average molecular weight is 86.1 g/mol. The third-order valence-corrected chi connectivity index (χ3v) is 0.358. The van der Waals surface area contributed by atoms with Gasteiger partial charge in [0.15, 0.2) is 5.21 Å². The van der Waals surface area contributed by atoms with Gasteiger partial charge in [-0.15, -0.1) is 0 Å². The van der Waals surface area contributed by atoms with Gasteiger partial charge in [0.1, 0.15) is 5.10 Å². The fourth-order valence-electron chi connectivity index (χ4n) is 0.168. The summed E-state index contributed by atoms with van der Waals surface area (Å²) in [5.41, 5.74) is 0. The third-order valence-electron chi connectivity index (χ3n) is 0.358. The molecule has 5 heteroatoms. The highest BCUT2D eigenvalue weighted by Gasteiger charge is 1.79. The number of aromatic amines is 1. The molecule has 32 valence electrons. The maximum atomic E-state index is 9.81. The molecule has 0 radical (unpaired) electrons. The van der Waals surface area contributed by atoms with Crippen LogP contribution in [0.15, 0.2) is 6.33 Å². The molecular weight excluding hydrogens is 84.0 g/mol. The van der Waals surface area contributed by atoms with Crippen molar-refractivity contribution in [2.45, 2.75) is 0 Å². The predicted octanol–water partition coefficient (Wildman–Crippen LogP) is -1.56. The zero-order valence-electron chi connectivity index (χ0n) is 2.83. The highest BCUT2D eigenvalue weighted by molar-refractivity contribution is 4.14. The molecule has 0 saturated carbocycles. The van der Waals surface area contributed by atoms with E-state index in [0.29, 0.717) is 4.85 Å². The number of hydrogen-bond acceptors (Lipinski definition) is 3. The molecule has 0 amide bonds. The van der Waals surface area contributed by atoms with Gasteiger partial charge in [-0.25, -0.2) is 0 Å². The highest BCUT2D eigenvalue weighted by Crippen LogP contribution is 1.42. The van der Waals surface area contributed by atoms with Crippen molar-refractivity contribution in [1.82, 2.24) is 15.5 Å². The van der Waals surface area contributed by atoms with Gasteiger partial charge in [-0.05, 0) is 0 Å². The van der Waals surface area contributed by atoms with Gasteiger partial charge in [0.2, 0.25) is 0 Å². The molecule has 1 aromatic heterocycles. The van der Waals surface area contributed by atoms with E-state index in [-0.39, 0.29) is 0 Å². The van der Waals surface area contributed by atoms with Crippen molar-refractivity contribution in [3.05, 3.63) is 11.5 Å². The first-order valence-corrected chi connectivity index (χ1v) is 1.35. The lowest BCUT2D eigenvalue weighted by atomic mass is 11.4. The number of H-pyrrole nitrogens is 1. The second-order valence-corrected chi connectivity index (χ2v) is 0.757. The Morgan fingerprint density at radius 1 is 1.83 bits per heavy atom. The molecule has 0 bridgehead atoms. The summed E-state index contributed by atoms with van der Waals surface area (Å²) in [6.45, 7) is 0. The highest BCUT2D eigenvalue weighted by atomic mass is 16.5. The number of tetrazole rings is 1. The lowest BCUT2D eigenvalue weighted by molar-refractivity contribution is -0.669. The van der Waals surface area contributed by atoms with Crippen molar-refractivity contribution in [3.8, 4) is 0 Å². The molecule has 0 saturated heterocycles. The Kier molecular flexibility index (Phi) is 0.474. The largest absolute Gasteiger partial charge is 0.724 e. The molecule has 0 fully saturated rings. The Morgan fingerprint density at radius 3 is 2.83 bits per heavy atom. The monoisotopic (exact) mass is 86.0 g/mol. The topological polar surface area (TPSA) is 68.5 Å². The quantitative estimate of drug-likeness (QED) is 0.306. The minimum absolute atomic E-state index is 0.403. The van der Waals surface area contributed by atoms with Crippen LogP contribution in [-0.2, 0) is 0 Å². The Morgan fingerprint density at radius 2 is 2.67 bits per heavy atom. The van der Waals surface area contributed by atoms with E-state index in [1.807, 2.05) is 5.21 Å². The van der Waals surface area contributed by atoms with Gasteiger partial charge in [-0.3, -0.25) is 0 Å². The second-order valence-electron chi connectivity index (χ2n) is 0.757. The molecule has 1 heterocycles. The lowest BCUT2D eigenvalue weighted by Crippen LogP contribution is -2.26. The number of rotatable bonds is 0. The molecule has 0 aliphatic heterocycles. The molecule has 0 aliphatic rings. The van der Waals surface area contributed by atoms with Crippen LogP contribution in [0.1, 0.15) is 0 Å². The van der Waals surface area contributed by atoms with Crippen molar-refractivity contribution in [1.29, 1.82) is 0 Å². The molecule has 1 N–H and O–H groups in total. The van der Waals surface area contributed by atoms with Gasteiger partial charge < -0.3 is 5.21 Å². The van der Waals surface area contributed by atoms with Crippen molar-refractivity contribution < 1.29 is 4.85 Å². The summed E-state index contributed by atoms with van der Waals surface area (Å²) in [6, 6.07) is 0. The summed E-state index contributed by atoms with van der Waals surface area (Å²) in [6.07, 6.45) is 1.03. The van der Waals surface area contributed by atoms with E-state index < -0.39 is 0 Å². The minimum Gasteiger partial charge on any atom is -0.724 e. The maximum Gasteiger partial charge on any atom is 0.289 e. The van der Waals surface area contributed by atoms with Gasteiger partial charge in [0.05, 0.1) is 0 Å². The van der Waals surface area contributed by atoms with E-state index in [1.54, 1.807) is 0 Å². The van der Waals surface area contributed by atoms with E-state index in [4.69, 9.17) is 0 Å². The summed E-state index contributed by atoms with van der Waals surface area (Å²) in [5.74, 6) is 0. The molecule has 1 rings (SSSR count). The molecule has 6 heavy (non-hydrogen) atoms. The van der Waals surface area contributed by atoms with E-state index >= 15 is 0 Å². The average Bonchev–Trinajstić information content (AvgIpc) is 1.86. The summed E-state index contributed by atoms with van der Waals surface area (Å²) < 4.78 is 0. The molecule has 0 atom stereocenters. The molecule has 0 spiro atoms. The summed E-state index contributed by atoms with van der Waals surface area (Å²) in [7, 11) is 0. The van der Waals surface area contributed by atoms with E-state index in [0.717, 1.165) is 6.33 Å². The SMILES string of the molecule is [O-][n+]1cnn[nH]1.